The Morgan fingerprint density at radius 2 is 1.62 bits per heavy atom. The van der Waals surface area contributed by atoms with E-state index in [1.54, 1.807) is 0 Å². The fourth-order valence-electron chi connectivity index (χ4n) is 0.227. The number of aliphatic hydroxyl groups excluding tert-OH is 1. The van der Waals surface area contributed by atoms with Crippen molar-refractivity contribution in [3.63, 3.8) is 0 Å². The van der Waals surface area contributed by atoms with Gasteiger partial charge in [0, 0.05) is 6.92 Å². The molecule has 0 radical (unpaired) electrons. The maximum Gasteiger partial charge on any atom is 1.00 e. The zero-order chi connectivity index (χ0) is 7.44. The second-order valence-corrected chi connectivity index (χ2v) is 1.59. The fraction of sp³-hybridized carbons (Fsp3) is 0.600. The number of aliphatic hydroxyl groups is 1. The Kier molecular flexibility index (Phi) is 38.2. The average Bonchev–Trinajstić information content (AvgIpc) is 1.63. The predicted molar refractivity (Wildman–Crippen MR) is 39.0 cm³/mol. The Hall–Kier alpha value is 2.39. The standard InChI is InChI=1S/C5H8O4.ClH.3Na.3H/c1-3(6)5(8)9-4(2)7;;;;;;;/h3,6H,1-2H3;1H;;;;;;/q;;3*+1;3*-1. The SMILES string of the molecule is CC(=O)OC(=O)C(C)O.Cl.[H-].[H-].[H-].[Na+].[Na+].[Na+]. The van der Waals surface area contributed by atoms with Crippen molar-refractivity contribution in [1.29, 1.82) is 0 Å². The van der Waals surface area contributed by atoms with Crippen LogP contribution in [0.15, 0.2) is 0 Å². The quantitative estimate of drug-likeness (QED) is 0.281. The molecule has 4 nitrogen and oxygen atoms in total. The molecule has 13 heavy (non-hydrogen) atoms. The summed E-state index contributed by atoms with van der Waals surface area (Å²) in [5, 5.41) is 8.44. The summed E-state index contributed by atoms with van der Waals surface area (Å²) in [7, 11) is 0. The van der Waals surface area contributed by atoms with Gasteiger partial charge >= 0.3 is 101 Å². The molecule has 0 amide bonds. The summed E-state index contributed by atoms with van der Waals surface area (Å²) in [6.07, 6.45) is -1.23. The molecule has 0 aliphatic heterocycles. The molecule has 0 aliphatic rings. The molecule has 1 unspecified atom stereocenters. The van der Waals surface area contributed by atoms with Crippen molar-refractivity contribution < 1.29 is 112 Å². The summed E-state index contributed by atoms with van der Waals surface area (Å²) in [5.74, 6) is -1.62. The molecule has 1 atom stereocenters. The Morgan fingerprint density at radius 1 is 1.31 bits per heavy atom. The third kappa shape index (κ3) is 20.5. The number of carbonyl (C=O) groups excluding carboxylic acids is 2. The molecule has 0 aromatic carbocycles. The Labute approximate surface area is 154 Å². The van der Waals surface area contributed by atoms with Gasteiger partial charge in [-0.3, -0.25) is 4.79 Å². The van der Waals surface area contributed by atoms with E-state index in [4.69, 9.17) is 5.11 Å². The largest absolute Gasteiger partial charge is 1.00 e. The molecule has 0 fully saturated rings. The van der Waals surface area contributed by atoms with E-state index in [1.807, 2.05) is 0 Å². The third-order valence-corrected chi connectivity index (χ3v) is 0.585. The van der Waals surface area contributed by atoms with E-state index in [0.717, 1.165) is 6.92 Å². The molecule has 0 bridgehead atoms. The summed E-state index contributed by atoms with van der Waals surface area (Å²) < 4.78 is 3.98. The van der Waals surface area contributed by atoms with Gasteiger partial charge in [-0.1, -0.05) is 0 Å². The molecule has 66 valence electrons. The van der Waals surface area contributed by atoms with E-state index in [2.05, 4.69) is 4.74 Å². The number of hydrogen-bond acceptors (Lipinski definition) is 4. The van der Waals surface area contributed by atoms with Crippen LogP contribution in [-0.2, 0) is 14.3 Å². The van der Waals surface area contributed by atoms with Crippen LogP contribution < -0.4 is 88.7 Å². The van der Waals surface area contributed by atoms with Crippen LogP contribution in [0.2, 0.25) is 0 Å². The van der Waals surface area contributed by atoms with Gasteiger partial charge in [-0.25, -0.2) is 4.79 Å². The Bertz CT molecular complexity index is 153. The summed E-state index contributed by atoms with van der Waals surface area (Å²) >= 11 is 0. The summed E-state index contributed by atoms with van der Waals surface area (Å²) in [6, 6.07) is 0. The van der Waals surface area contributed by atoms with Gasteiger partial charge < -0.3 is 14.1 Å². The first kappa shape index (κ1) is 29.5. The molecular weight excluding hydrogens is 228 g/mol. The van der Waals surface area contributed by atoms with Crippen LogP contribution in [0.1, 0.15) is 18.1 Å². The minimum Gasteiger partial charge on any atom is -1.00 e. The van der Waals surface area contributed by atoms with Crippen molar-refractivity contribution in [2.45, 2.75) is 20.0 Å². The van der Waals surface area contributed by atoms with Crippen molar-refractivity contribution in [3.05, 3.63) is 0 Å². The molecule has 0 spiro atoms. The van der Waals surface area contributed by atoms with Gasteiger partial charge in [0.1, 0.15) is 6.10 Å². The van der Waals surface area contributed by atoms with Gasteiger partial charge in [0.2, 0.25) is 0 Å². The van der Waals surface area contributed by atoms with Crippen LogP contribution in [0.4, 0.5) is 0 Å². The van der Waals surface area contributed by atoms with Crippen molar-refractivity contribution in [2.75, 3.05) is 0 Å². The van der Waals surface area contributed by atoms with Gasteiger partial charge in [0.15, 0.2) is 0 Å². The second-order valence-electron chi connectivity index (χ2n) is 1.59. The van der Waals surface area contributed by atoms with E-state index < -0.39 is 18.0 Å². The minimum atomic E-state index is -1.23. The summed E-state index contributed by atoms with van der Waals surface area (Å²) in [4.78, 5) is 20.3. The number of carbonyl (C=O) groups is 2. The number of ether oxygens (including phenoxy) is 1. The molecule has 0 heterocycles. The summed E-state index contributed by atoms with van der Waals surface area (Å²) in [5.41, 5.74) is 0. The monoisotopic (exact) mass is 240 g/mol. The normalized spacial score (nSPS) is 8.54. The molecule has 0 aromatic heterocycles. The van der Waals surface area contributed by atoms with Crippen LogP contribution >= 0.6 is 12.4 Å². The smallest absolute Gasteiger partial charge is 1.00 e. The number of hydrogen-bond donors (Lipinski definition) is 1. The first-order chi connectivity index (χ1) is 4.04. The van der Waals surface area contributed by atoms with Crippen LogP contribution in [0.5, 0.6) is 0 Å². The maximum atomic E-state index is 10.3. The number of rotatable bonds is 1. The average molecular weight is 241 g/mol. The number of halogens is 1. The minimum absolute atomic E-state index is 0. The van der Waals surface area contributed by atoms with Crippen molar-refractivity contribution in [1.82, 2.24) is 0 Å². The van der Waals surface area contributed by atoms with Gasteiger partial charge in [0.05, 0.1) is 0 Å². The molecule has 0 saturated heterocycles. The zero-order valence-corrected chi connectivity index (χ0v) is 15.5. The Balaban J connectivity index is -0.0000000152. The molecule has 8 heteroatoms. The predicted octanol–water partition coefficient (Wildman–Crippen LogP) is -8.77. The molecular formula is C5H12ClNa3O4. The second kappa shape index (κ2) is 16.8. The van der Waals surface area contributed by atoms with Crippen LogP contribution in [0.3, 0.4) is 0 Å². The maximum absolute atomic E-state index is 10.3. The third-order valence-electron chi connectivity index (χ3n) is 0.585. The number of esters is 2. The van der Waals surface area contributed by atoms with E-state index >= 15 is 0 Å². The van der Waals surface area contributed by atoms with Gasteiger partial charge in [0.25, 0.3) is 0 Å². The first-order valence-corrected chi connectivity index (χ1v) is 2.44. The van der Waals surface area contributed by atoms with Crippen LogP contribution in [0.25, 0.3) is 0 Å². The van der Waals surface area contributed by atoms with Gasteiger partial charge in [-0.2, -0.15) is 0 Å². The first-order valence-electron chi connectivity index (χ1n) is 2.44. The molecule has 0 aromatic rings. The van der Waals surface area contributed by atoms with Crippen LogP contribution in [0, 0.1) is 0 Å². The zero-order valence-electron chi connectivity index (χ0n) is 11.7. The van der Waals surface area contributed by atoms with Gasteiger partial charge in [-0.15, -0.1) is 12.4 Å². The molecule has 0 aliphatic carbocycles. The van der Waals surface area contributed by atoms with Crippen molar-refractivity contribution in [3.8, 4) is 0 Å². The van der Waals surface area contributed by atoms with Gasteiger partial charge in [-0.05, 0) is 6.92 Å². The van der Waals surface area contributed by atoms with E-state index in [0.29, 0.717) is 0 Å². The van der Waals surface area contributed by atoms with Crippen LogP contribution in [-0.4, -0.2) is 23.1 Å². The molecule has 1 N–H and O–H groups in total. The van der Waals surface area contributed by atoms with Crippen molar-refractivity contribution in [2.24, 2.45) is 0 Å². The topological polar surface area (TPSA) is 63.6 Å². The molecule has 0 saturated carbocycles. The Morgan fingerprint density at radius 3 is 1.69 bits per heavy atom. The fourth-order valence-corrected chi connectivity index (χ4v) is 0.227. The van der Waals surface area contributed by atoms with E-state index in [-0.39, 0.29) is 105 Å². The summed E-state index contributed by atoms with van der Waals surface area (Å²) in [6.45, 7) is 2.32. The van der Waals surface area contributed by atoms with E-state index in [9.17, 15) is 9.59 Å². The van der Waals surface area contributed by atoms with Crippen molar-refractivity contribution >= 4 is 24.3 Å². The molecule has 0 rings (SSSR count). The van der Waals surface area contributed by atoms with E-state index in [1.165, 1.54) is 6.92 Å².